The Balaban J connectivity index is 0.00000172. The minimum absolute atomic E-state index is 0.337. The first-order valence-electron chi connectivity index (χ1n) is 16.6. The lowest BCUT2D eigenvalue weighted by Gasteiger charge is -2.20. The van der Waals surface area contributed by atoms with Crippen molar-refractivity contribution < 1.29 is 0 Å². The number of nitrogens with one attached hydrogen (secondary N) is 1. The molecule has 3 N–H and O–H groups in total. The second-order valence-electron chi connectivity index (χ2n) is 12.2. The maximum Gasteiger partial charge on any atom is 0.0616 e. The van der Waals surface area contributed by atoms with E-state index in [-0.39, 0.29) is 0 Å². The third-order valence-corrected chi connectivity index (χ3v) is 9.36. The van der Waals surface area contributed by atoms with Gasteiger partial charge in [0.1, 0.15) is 0 Å². The van der Waals surface area contributed by atoms with Crippen molar-refractivity contribution in [2.75, 3.05) is 7.05 Å². The third-order valence-electron chi connectivity index (χ3n) is 9.36. The molecule has 0 bridgehead atoms. The van der Waals surface area contributed by atoms with E-state index in [1.54, 1.807) is 0 Å². The van der Waals surface area contributed by atoms with E-state index in [0.29, 0.717) is 5.92 Å². The Morgan fingerprint density at radius 1 is 0.766 bits per heavy atom. The molecule has 0 fully saturated rings. The van der Waals surface area contributed by atoms with E-state index in [0.717, 1.165) is 25.7 Å². The minimum atomic E-state index is 0.337. The number of H-pyrrole nitrogens is 1. The molecule has 0 spiro atoms. The molecule has 3 heteroatoms. The maximum atomic E-state index is 4.50. The molecular weight excluding hydrogens is 571 g/mol. The zero-order chi connectivity index (χ0) is 32.2. The van der Waals surface area contributed by atoms with Crippen LogP contribution >= 0.6 is 0 Å². The standard InChI is InChI=1S/C43H36N2.CH5N/c1-2-3-6-16-37-27-36(29-44-37)34-20-23-40-41-24-21-35-26-33(32-15-11-14-31(25-32)30-12-7-4-8-13-30)19-22-39(35)43(41)45(42(40)28-34)38-17-9-5-10-18-38;1-2/h2,4-5,7-15,17-27,29,34,44H,1,3,6,16,28H2;2H2,1H3. The number of aromatic amines is 1. The van der Waals surface area contributed by atoms with Crippen LogP contribution in [0.15, 0.2) is 146 Å². The van der Waals surface area contributed by atoms with Gasteiger partial charge in [0.05, 0.1) is 5.52 Å². The number of fused-ring (bicyclic) bond motifs is 5. The van der Waals surface area contributed by atoms with E-state index in [4.69, 9.17) is 0 Å². The van der Waals surface area contributed by atoms with E-state index in [9.17, 15) is 0 Å². The van der Waals surface area contributed by atoms with E-state index >= 15 is 0 Å². The van der Waals surface area contributed by atoms with Gasteiger partial charge in [-0.05, 0) is 96.3 Å². The number of para-hydroxylation sites is 1. The van der Waals surface area contributed by atoms with E-state index < -0.39 is 0 Å². The predicted octanol–water partition coefficient (Wildman–Crippen LogP) is 10.9. The fourth-order valence-corrected chi connectivity index (χ4v) is 7.09. The number of rotatable bonds is 8. The van der Waals surface area contributed by atoms with Crippen molar-refractivity contribution in [2.24, 2.45) is 5.73 Å². The normalized spacial score (nSPS) is 13.7. The Morgan fingerprint density at radius 2 is 1.47 bits per heavy atom. The molecule has 2 heterocycles. The first-order chi connectivity index (χ1) is 23.3. The van der Waals surface area contributed by atoms with Crippen LogP contribution in [0.5, 0.6) is 0 Å². The molecular formula is C44H41N3. The Morgan fingerprint density at radius 3 is 2.26 bits per heavy atom. The summed E-state index contributed by atoms with van der Waals surface area (Å²) in [5, 5.41) is 3.85. The lowest BCUT2D eigenvalue weighted by atomic mass is 9.88. The number of nitrogens with zero attached hydrogens (tertiary/aromatic N) is 1. The summed E-state index contributed by atoms with van der Waals surface area (Å²) in [6.45, 7) is 3.87. The van der Waals surface area contributed by atoms with Crippen molar-refractivity contribution in [3.05, 3.63) is 169 Å². The molecule has 3 nitrogen and oxygen atoms in total. The molecule has 47 heavy (non-hydrogen) atoms. The predicted molar refractivity (Wildman–Crippen MR) is 201 cm³/mol. The van der Waals surface area contributed by atoms with Crippen LogP contribution in [-0.2, 0) is 12.8 Å². The number of allylic oxidation sites excluding steroid dienone is 2. The Bertz CT molecular complexity index is 2180. The van der Waals surface area contributed by atoms with Crippen LogP contribution < -0.4 is 5.73 Å². The molecule has 1 unspecified atom stereocenters. The van der Waals surface area contributed by atoms with Crippen LogP contribution in [0, 0.1) is 0 Å². The van der Waals surface area contributed by atoms with E-state index in [2.05, 4.69) is 162 Å². The van der Waals surface area contributed by atoms with Crippen molar-refractivity contribution in [1.82, 2.24) is 9.55 Å². The molecule has 0 amide bonds. The summed E-state index contributed by atoms with van der Waals surface area (Å²) in [7, 11) is 1.50. The minimum Gasteiger partial charge on any atom is -0.365 e. The summed E-state index contributed by atoms with van der Waals surface area (Å²) in [6.07, 6.45) is 13.2. The summed E-state index contributed by atoms with van der Waals surface area (Å²) in [4.78, 5) is 3.54. The monoisotopic (exact) mass is 611 g/mol. The van der Waals surface area contributed by atoms with Gasteiger partial charge >= 0.3 is 0 Å². The summed E-state index contributed by atoms with van der Waals surface area (Å²) in [6, 6.07) is 44.3. The number of aryl methyl sites for hydroxylation is 1. The largest absolute Gasteiger partial charge is 0.365 e. The highest BCUT2D eigenvalue weighted by atomic mass is 15.0. The second-order valence-corrected chi connectivity index (χ2v) is 12.2. The second kappa shape index (κ2) is 13.5. The third kappa shape index (κ3) is 5.87. The van der Waals surface area contributed by atoms with Crippen LogP contribution in [0.2, 0.25) is 0 Å². The van der Waals surface area contributed by atoms with Crippen LogP contribution in [0.1, 0.15) is 41.3 Å². The molecule has 1 atom stereocenters. The van der Waals surface area contributed by atoms with Gasteiger partial charge in [0.15, 0.2) is 0 Å². The first kappa shape index (κ1) is 30.3. The van der Waals surface area contributed by atoms with Gasteiger partial charge in [-0.2, -0.15) is 0 Å². The maximum absolute atomic E-state index is 4.50. The highest BCUT2D eigenvalue weighted by Gasteiger charge is 2.25. The molecule has 0 aliphatic heterocycles. The molecule has 5 aromatic carbocycles. The Hall–Kier alpha value is -5.38. The molecule has 8 rings (SSSR count). The van der Waals surface area contributed by atoms with Crippen LogP contribution in [0.3, 0.4) is 0 Å². The van der Waals surface area contributed by atoms with E-state index in [1.807, 2.05) is 6.08 Å². The average molecular weight is 612 g/mol. The van der Waals surface area contributed by atoms with Gasteiger partial charge < -0.3 is 15.3 Å². The lowest BCUT2D eigenvalue weighted by molar-refractivity contribution is 0.783. The van der Waals surface area contributed by atoms with Crippen molar-refractivity contribution in [3.63, 3.8) is 0 Å². The van der Waals surface area contributed by atoms with Gasteiger partial charge in [-0.3, -0.25) is 0 Å². The zero-order valence-electron chi connectivity index (χ0n) is 27.0. The molecule has 232 valence electrons. The number of hydrogen-bond acceptors (Lipinski definition) is 1. The number of hydrogen-bond donors (Lipinski definition) is 2. The number of aromatic nitrogens is 2. The quantitative estimate of drug-likeness (QED) is 0.130. The van der Waals surface area contributed by atoms with Gasteiger partial charge in [-0.25, -0.2) is 0 Å². The fourth-order valence-electron chi connectivity index (χ4n) is 7.09. The summed E-state index contributed by atoms with van der Waals surface area (Å²) >= 11 is 0. The molecule has 0 saturated heterocycles. The molecule has 1 aliphatic rings. The van der Waals surface area contributed by atoms with E-state index in [1.165, 1.54) is 79.2 Å². The summed E-state index contributed by atoms with van der Waals surface area (Å²) < 4.78 is 2.52. The first-order valence-corrected chi connectivity index (χ1v) is 16.6. The van der Waals surface area contributed by atoms with Gasteiger partial charge in [-0.15, -0.1) is 6.58 Å². The topological polar surface area (TPSA) is 46.7 Å². The molecule has 1 aliphatic carbocycles. The van der Waals surface area contributed by atoms with Crippen molar-refractivity contribution in [3.8, 4) is 27.9 Å². The molecule has 7 aromatic rings. The van der Waals surface area contributed by atoms with Crippen LogP contribution in [-0.4, -0.2) is 16.6 Å². The Kier molecular flexibility index (Phi) is 8.73. The van der Waals surface area contributed by atoms with Crippen molar-refractivity contribution in [2.45, 2.75) is 31.6 Å². The fraction of sp³-hybridized carbons (Fsp3) is 0.136. The van der Waals surface area contributed by atoms with Crippen LogP contribution in [0.25, 0.3) is 55.7 Å². The van der Waals surface area contributed by atoms with Crippen molar-refractivity contribution in [1.29, 1.82) is 0 Å². The van der Waals surface area contributed by atoms with Gasteiger partial charge in [-0.1, -0.05) is 109 Å². The summed E-state index contributed by atoms with van der Waals surface area (Å²) in [5.74, 6) is 0.337. The van der Waals surface area contributed by atoms with Crippen LogP contribution in [0.4, 0.5) is 0 Å². The lowest BCUT2D eigenvalue weighted by Crippen LogP contribution is -2.09. The molecule has 2 aromatic heterocycles. The number of benzene rings is 5. The van der Waals surface area contributed by atoms with Gasteiger partial charge in [0, 0.05) is 45.5 Å². The smallest absolute Gasteiger partial charge is 0.0616 e. The molecule has 0 radical (unpaired) electrons. The number of nitrogens with two attached hydrogens (primary N) is 1. The Labute approximate surface area is 277 Å². The number of unbranched alkanes of at least 4 members (excludes halogenated alkanes) is 1. The van der Waals surface area contributed by atoms with Gasteiger partial charge in [0.25, 0.3) is 0 Å². The van der Waals surface area contributed by atoms with Crippen molar-refractivity contribution >= 4 is 27.8 Å². The SMILES string of the molecule is C=CCCCc1cc(C2C=Cc3c(n(-c4ccccc4)c4c3ccc3cc(-c5cccc(-c6ccccc6)c5)ccc34)C2)c[nH]1.CN. The molecule has 0 saturated carbocycles. The summed E-state index contributed by atoms with van der Waals surface area (Å²) in [5.41, 5.74) is 17.3. The highest BCUT2D eigenvalue weighted by molar-refractivity contribution is 6.11. The zero-order valence-corrected chi connectivity index (χ0v) is 27.0. The average Bonchev–Trinajstić information content (AvgIpc) is 3.76. The highest BCUT2D eigenvalue weighted by Crippen LogP contribution is 2.41. The van der Waals surface area contributed by atoms with Gasteiger partial charge in [0.2, 0.25) is 0 Å².